The van der Waals surface area contributed by atoms with Crippen LogP contribution in [0.25, 0.3) is 11.5 Å². The molecule has 0 saturated carbocycles. The first-order valence-electron chi connectivity index (χ1n) is 9.58. The molecule has 0 aliphatic carbocycles. The average Bonchev–Trinajstić information content (AvgIpc) is 3.23. The maximum absolute atomic E-state index is 12.6. The van der Waals surface area contributed by atoms with Crippen LogP contribution in [0.4, 0.5) is 5.82 Å². The van der Waals surface area contributed by atoms with E-state index in [2.05, 4.69) is 52.7 Å². The molecule has 1 atom stereocenters. The molecule has 1 aliphatic heterocycles. The highest BCUT2D eigenvalue weighted by Crippen LogP contribution is 2.40. The highest BCUT2D eigenvalue weighted by atomic mass is 16.1. The van der Waals surface area contributed by atoms with E-state index in [1.54, 1.807) is 9.20 Å². The summed E-state index contributed by atoms with van der Waals surface area (Å²) in [6.45, 7) is 8.01. The Morgan fingerprint density at radius 2 is 1.83 bits per heavy atom. The van der Waals surface area contributed by atoms with E-state index in [0.717, 1.165) is 16.8 Å². The summed E-state index contributed by atoms with van der Waals surface area (Å²) in [5.74, 6) is 1.91. The minimum absolute atomic E-state index is 0.0246. The molecule has 4 aromatic rings. The second kappa shape index (κ2) is 6.23. The van der Waals surface area contributed by atoms with Crippen LogP contribution in [0.5, 0.6) is 0 Å². The third kappa shape index (κ3) is 2.71. The Bertz CT molecular complexity index is 1280. The van der Waals surface area contributed by atoms with E-state index in [0.29, 0.717) is 29.5 Å². The summed E-state index contributed by atoms with van der Waals surface area (Å²) >= 11 is 0. The number of fused-ring (bicyclic) bond motifs is 2. The monoisotopic (exact) mass is 387 g/mol. The van der Waals surface area contributed by atoms with Gasteiger partial charge in [-0.15, -0.1) is 15.3 Å². The molecule has 0 radical (unpaired) electrons. The predicted molar refractivity (Wildman–Crippen MR) is 108 cm³/mol. The number of aromatic nitrogens is 6. The molecular weight excluding hydrogens is 366 g/mol. The SMILES string of the molecule is Cc1ccc([C@@H]2CC(=O)Nc3c2c(C)nn3-c2ccc3nnc(C)n3n2)cc1C. The smallest absolute Gasteiger partial charge is 0.226 e. The first kappa shape index (κ1) is 17.5. The van der Waals surface area contributed by atoms with E-state index < -0.39 is 0 Å². The number of rotatable bonds is 2. The lowest BCUT2D eigenvalue weighted by Gasteiger charge is -2.24. The van der Waals surface area contributed by atoms with Crippen molar-refractivity contribution in [2.45, 2.75) is 40.0 Å². The van der Waals surface area contributed by atoms with Gasteiger partial charge in [0.05, 0.1) is 5.69 Å². The summed E-state index contributed by atoms with van der Waals surface area (Å²) in [5, 5.41) is 20.5. The van der Waals surface area contributed by atoms with Crippen LogP contribution in [0.3, 0.4) is 0 Å². The second-order valence-corrected chi connectivity index (χ2v) is 7.62. The number of amides is 1. The summed E-state index contributed by atoms with van der Waals surface area (Å²) in [4.78, 5) is 12.6. The number of hydrogen-bond donors (Lipinski definition) is 1. The fourth-order valence-electron chi connectivity index (χ4n) is 3.98. The standard InChI is InChI=1S/C21H21N7O/c1-11-5-6-15(9-12(11)2)16-10-19(29)22-21-20(16)13(3)25-28(21)18-8-7-17-24-23-14(4)27(17)26-18/h5-9,16H,10H2,1-4H3,(H,22,29)/t16-/m0/s1. The van der Waals surface area contributed by atoms with Crippen LogP contribution in [-0.4, -0.2) is 35.5 Å². The highest BCUT2D eigenvalue weighted by Gasteiger charge is 2.33. The number of nitrogens with zero attached hydrogens (tertiary/aromatic N) is 6. The van der Waals surface area contributed by atoms with Crippen molar-refractivity contribution < 1.29 is 4.79 Å². The zero-order chi connectivity index (χ0) is 20.3. The van der Waals surface area contributed by atoms with E-state index in [1.807, 2.05) is 26.0 Å². The molecule has 8 nitrogen and oxygen atoms in total. The third-order valence-corrected chi connectivity index (χ3v) is 5.66. The van der Waals surface area contributed by atoms with Gasteiger partial charge in [-0.2, -0.15) is 14.3 Å². The van der Waals surface area contributed by atoms with Gasteiger partial charge in [-0.3, -0.25) is 4.79 Å². The van der Waals surface area contributed by atoms with Crippen LogP contribution in [0.2, 0.25) is 0 Å². The van der Waals surface area contributed by atoms with Crippen LogP contribution in [-0.2, 0) is 4.79 Å². The summed E-state index contributed by atoms with van der Waals surface area (Å²) in [6, 6.07) is 10.1. The molecule has 5 rings (SSSR count). The van der Waals surface area contributed by atoms with Crippen molar-refractivity contribution in [2.75, 3.05) is 5.32 Å². The van der Waals surface area contributed by atoms with Gasteiger partial charge in [0.15, 0.2) is 17.3 Å². The van der Waals surface area contributed by atoms with Gasteiger partial charge in [-0.05, 0) is 56.5 Å². The number of carbonyl (C=O) groups excluding carboxylic acids is 1. The topological polar surface area (TPSA) is 90.0 Å². The van der Waals surface area contributed by atoms with Gasteiger partial charge >= 0.3 is 0 Å². The van der Waals surface area contributed by atoms with Crippen LogP contribution in [0.1, 0.15) is 46.1 Å². The normalized spacial score (nSPS) is 16.1. The van der Waals surface area contributed by atoms with Crippen LogP contribution < -0.4 is 5.32 Å². The maximum Gasteiger partial charge on any atom is 0.226 e. The molecule has 0 saturated heterocycles. The van der Waals surface area contributed by atoms with Crippen LogP contribution >= 0.6 is 0 Å². The first-order chi connectivity index (χ1) is 13.9. The van der Waals surface area contributed by atoms with E-state index in [4.69, 9.17) is 5.10 Å². The van der Waals surface area contributed by atoms with E-state index in [1.165, 1.54) is 11.1 Å². The largest absolute Gasteiger partial charge is 0.310 e. The van der Waals surface area contributed by atoms with E-state index >= 15 is 0 Å². The minimum Gasteiger partial charge on any atom is -0.310 e. The summed E-state index contributed by atoms with van der Waals surface area (Å²) < 4.78 is 3.37. The number of anilines is 1. The van der Waals surface area contributed by atoms with Gasteiger partial charge in [-0.25, -0.2) is 0 Å². The summed E-state index contributed by atoms with van der Waals surface area (Å²) in [5.41, 5.74) is 6.17. The Kier molecular flexibility index (Phi) is 3.77. The van der Waals surface area contributed by atoms with Gasteiger partial charge in [0.2, 0.25) is 5.91 Å². The Morgan fingerprint density at radius 3 is 2.62 bits per heavy atom. The predicted octanol–water partition coefficient (Wildman–Crippen LogP) is 3.02. The summed E-state index contributed by atoms with van der Waals surface area (Å²) in [7, 11) is 0. The van der Waals surface area contributed by atoms with Crippen molar-refractivity contribution in [3.8, 4) is 5.82 Å². The Balaban J connectivity index is 1.68. The van der Waals surface area contributed by atoms with Gasteiger partial charge in [0.25, 0.3) is 0 Å². The number of aryl methyl sites for hydroxylation is 4. The fourth-order valence-corrected chi connectivity index (χ4v) is 3.98. The molecular formula is C21H21N7O. The number of carbonyl (C=O) groups is 1. The third-order valence-electron chi connectivity index (χ3n) is 5.66. The number of benzene rings is 1. The zero-order valence-corrected chi connectivity index (χ0v) is 16.8. The van der Waals surface area contributed by atoms with E-state index in [9.17, 15) is 4.79 Å². The highest BCUT2D eigenvalue weighted by molar-refractivity contribution is 5.95. The molecule has 1 aromatic carbocycles. The van der Waals surface area contributed by atoms with Crippen molar-refractivity contribution >= 4 is 17.4 Å². The lowest BCUT2D eigenvalue weighted by molar-refractivity contribution is -0.116. The van der Waals surface area contributed by atoms with Crippen LogP contribution in [0.15, 0.2) is 30.3 Å². The molecule has 4 heterocycles. The van der Waals surface area contributed by atoms with Crippen molar-refractivity contribution in [3.63, 3.8) is 0 Å². The van der Waals surface area contributed by atoms with Gasteiger partial charge in [-0.1, -0.05) is 18.2 Å². The molecule has 3 aromatic heterocycles. The number of nitrogens with one attached hydrogen (secondary N) is 1. The minimum atomic E-state index is -0.0350. The Morgan fingerprint density at radius 1 is 1.00 bits per heavy atom. The van der Waals surface area contributed by atoms with Crippen molar-refractivity contribution in [1.82, 2.24) is 29.6 Å². The van der Waals surface area contributed by atoms with Gasteiger partial charge in [0, 0.05) is 17.9 Å². The molecule has 0 fully saturated rings. The second-order valence-electron chi connectivity index (χ2n) is 7.62. The van der Waals surface area contributed by atoms with Crippen molar-refractivity contribution in [2.24, 2.45) is 0 Å². The Hall–Kier alpha value is -3.55. The van der Waals surface area contributed by atoms with Crippen molar-refractivity contribution in [1.29, 1.82) is 0 Å². The summed E-state index contributed by atoms with van der Waals surface area (Å²) in [6.07, 6.45) is 0.402. The lowest BCUT2D eigenvalue weighted by Crippen LogP contribution is -2.25. The molecule has 0 bridgehead atoms. The number of hydrogen-bond acceptors (Lipinski definition) is 5. The molecule has 8 heteroatoms. The van der Waals surface area contributed by atoms with Gasteiger partial charge < -0.3 is 5.32 Å². The van der Waals surface area contributed by atoms with Crippen LogP contribution in [0, 0.1) is 27.7 Å². The lowest BCUT2D eigenvalue weighted by atomic mass is 9.84. The molecule has 29 heavy (non-hydrogen) atoms. The maximum atomic E-state index is 12.6. The first-order valence-corrected chi connectivity index (χ1v) is 9.58. The molecule has 0 unspecified atom stereocenters. The molecule has 1 N–H and O–H groups in total. The quantitative estimate of drug-likeness (QED) is 0.571. The molecule has 0 spiro atoms. The average molecular weight is 387 g/mol. The Labute approximate surface area is 167 Å². The van der Waals surface area contributed by atoms with Crippen molar-refractivity contribution in [3.05, 3.63) is 64.1 Å². The molecule has 1 amide bonds. The zero-order valence-electron chi connectivity index (χ0n) is 16.8. The fraction of sp³-hybridized carbons (Fsp3) is 0.286. The van der Waals surface area contributed by atoms with E-state index in [-0.39, 0.29) is 11.8 Å². The molecule has 146 valence electrons. The molecule has 1 aliphatic rings. The van der Waals surface area contributed by atoms with Gasteiger partial charge in [0.1, 0.15) is 5.82 Å².